The smallest absolute Gasteiger partial charge is 0.314 e. The van der Waals surface area contributed by atoms with Gasteiger partial charge in [-0.25, -0.2) is 4.79 Å². The molecule has 1 aliphatic rings. The number of amides is 2. The van der Waals surface area contributed by atoms with E-state index in [0.29, 0.717) is 25.6 Å². The van der Waals surface area contributed by atoms with Gasteiger partial charge in [-0.05, 0) is 50.8 Å². The van der Waals surface area contributed by atoms with Crippen molar-refractivity contribution >= 4 is 6.03 Å². The first-order chi connectivity index (χ1) is 11.6. The molecule has 2 amide bonds. The number of aliphatic hydroxyl groups excluding tert-OH is 1. The topological polar surface area (TPSA) is 64.6 Å². The van der Waals surface area contributed by atoms with Gasteiger partial charge in [0.1, 0.15) is 0 Å². The second-order valence-electron chi connectivity index (χ2n) is 6.92. The molecule has 0 bridgehead atoms. The van der Waals surface area contributed by atoms with Crippen LogP contribution in [0, 0.1) is 5.92 Å². The van der Waals surface area contributed by atoms with Crippen molar-refractivity contribution in [1.82, 2.24) is 15.5 Å². The van der Waals surface area contributed by atoms with E-state index in [1.165, 1.54) is 12.8 Å². The van der Waals surface area contributed by atoms with E-state index in [1.54, 1.807) is 0 Å². The van der Waals surface area contributed by atoms with Crippen LogP contribution in [0.4, 0.5) is 4.79 Å². The number of carbonyl (C=O) groups is 1. The molecule has 134 valence electrons. The largest absolute Gasteiger partial charge is 0.388 e. The van der Waals surface area contributed by atoms with Crippen molar-refractivity contribution in [3.05, 3.63) is 35.9 Å². The average Bonchev–Trinajstić information content (AvgIpc) is 2.61. The summed E-state index contributed by atoms with van der Waals surface area (Å²) < 4.78 is 0. The monoisotopic (exact) mass is 333 g/mol. The number of nitrogens with zero attached hydrogens (tertiary/aromatic N) is 1. The van der Waals surface area contributed by atoms with Crippen LogP contribution in [0.25, 0.3) is 0 Å². The maximum Gasteiger partial charge on any atom is 0.314 e. The number of carbonyl (C=O) groups excluding carboxylic acids is 1. The number of likely N-dealkylation sites (tertiary alicyclic amines) is 1. The van der Waals surface area contributed by atoms with Gasteiger partial charge in [0, 0.05) is 19.1 Å². The first kappa shape index (κ1) is 18.7. The number of hydrogen-bond donors (Lipinski definition) is 3. The fourth-order valence-corrected chi connectivity index (χ4v) is 3.07. The summed E-state index contributed by atoms with van der Waals surface area (Å²) in [5.74, 6) is 0.820. The Labute approximate surface area is 145 Å². The Morgan fingerprint density at radius 3 is 2.58 bits per heavy atom. The van der Waals surface area contributed by atoms with Crippen molar-refractivity contribution in [3.8, 4) is 0 Å². The molecule has 2 unspecified atom stereocenters. The maximum atomic E-state index is 11.9. The van der Waals surface area contributed by atoms with Crippen molar-refractivity contribution < 1.29 is 9.90 Å². The summed E-state index contributed by atoms with van der Waals surface area (Å²) >= 11 is 0. The molecule has 1 aromatic carbocycles. The molecule has 5 nitrogen and oxygen atoms in total. The molecule has 0 radical (unpaired) electrons. The van der Waals surface area contributed by atoms with Gasteiger partial charge in [0.2, 0.25) is 0 Å². The predicted molar refractivity (Wildman–Crippen MR) is 96.9 cm³/mol. The van der Waals surface area contributed by atoms with Crippen LogP contribution in [0.1, 0.15) is 44.8 Å². The van der Waals surface area contributed by atoms with Gasteiger partial charge in [0.05, 0.1) is 6.10 Å². The summed E-state index contributed by atoms with van der Waals surface area (Å²) in [4.78, 5) is 14.3. The molecule has 1 heterocycles. The number of piperidine rings is 1. The molecule has 24 heavy (non-hydrogen) atoms. The van der Waals surface area contributed by atoms with Gasteiger partial charge in [0.15, 0.2) is 0 Å². The minimum atomic E-state index is -0.541. The molecular formula is C19H31N3O2. The van der Waals surface area contributed by atoms with Crippen molar-refractivity contribution in [2.45, 2.75) is 45.3 Å². The van der Waals surface area contributed by atoms with Crippen molar-refractivity contribution in [2.24, 2.45) is 5.92 Å². The van der Waals surface area contributed by atoms with Gasteiger partial charge in [-0.2, -0.15) is 0 Å². The van der Waals surface area contributed by atoms with Crippen LogP contribution in [-0.4, -0.2) is 48.3 Å². The summed E-state index contributed by atoms with van der Waals surface area (Å²) in [5.41, 5.74) is 0.882. The Bertz CT molecular complexity index is 487. The Morgan fingerprint density at radius 1 is 1.25 bits per heavy atom. The third-order valence-electron chi connectivity index (χ3n) is 4.89. The summed E-state index contributed by atoms with van der Waals surface area (Å²) in [6.07, 6.45) is 2.46. The van der Waals surface area contributed by atoms with Gasteiger partial charge in [-0.3, -0.25) is 4.90 Å². The number of rotatable bonds is 7. The van der Waals surface area contributed by atoms with E-state index in [0.717, 1.165) is 24.6 Å². The number of hydrogen-bond acceptors (Lipinski definition) is 3. The third-order valence-corrected chi connectivity index (χ3v) is 4.89. The van der Waals surface area contributed by atoms with Crippen LogP contribution in [-0.2, 0) is 0 Å². The highest BCUT2D eigenvalue weighted by Gasteiger charge is 2.20. The number of nitrogens with one attached hydrogen (secondary N) is 2. The van der Waals surface area contributed by atoms with Crippen LogP contribution in [0.15, 0.2) is 30.3 Å². The fraction of sp³-hybridized carbons (Fsp3) is 0.632. The molecule has 1 fully saturated rings. The van der Waals surface area contributed by atoms with Crippen LogP contribution in [0.3, 0.4) is 0 Å². The highest BCUT2D eigenvalue weighted by atomic mass is 16.3. The molecule has 0 aliphatic carbocycles. The van der Waals surface area contributed by atoms with E-state index < -0.39 is 6.10 Å². The zero-order chi connectivity index (χ0) is 17.4. The fourth-order valence-electron chi connectivity index (χ4n) is 3.07. The summed E-state index contributed by atoms with van der Waals surface area (Å²) in [6, 6.07) is 9.72. The quantitative estimate of drug-likeness (QED) is 0.718. The molecule has 1 saturated heterocycles. The minimum Gasteiger partial charge on any atom is -0.388 e. The molecule has 0 saturated carbocycles. The molecule has 1 aromatic rings. The lowest BCUT2D eigenvalue weighted by molar-refractivity contribution is 0.144. The standard InChI is InChI=1S/C19H31N3O2/c1-15-9-12-22(13-10-15)16(2)14-21-19(24)20-11-8-18(23)17-6-4-3-5-7-17/h3-7,15-16,18,23H,8-14H2,1-2H3,(H2,20,21,24). The summed E-state index contributed by atoms with van der Waals surface area (Å²) in [7, 11) is 0. The molecule has 3 N–H and O–H groups in total. The molecular weight excluding hydrogens is 302 g/mol. The Kier molecular flexibility index (Phi) is 7.53. The Hall–Kier alpha value is -1.59. The molecule has 5 heteroatoms. The molecule has 2 atom stereocenters. The van der Waals surface area contributed by atoms with Crippen molar-refractivity contribution in [2.75, 3.05) is 26.2 Å². The van der Waals surface area contributed by atoms with Crippen LogP contribution in [0.2, 0.25) is 0 Å². The van der Waals surface area contributed by atoms with E-state index >= 15 is 0 Å². The normalized spacial score (nSPS) is 18.8. The number of aliphatic hydroxyl groups is 1. The first-order valence-electron chi connectivity index (χ1n) is 9.05. The molecule has 2 rings (SSSR count). The molecule has 1 aliphatic heterocycles. The van der Waals surface area contributed by atoms with Crippen LogP contribution < -0.4 is 10.6 Å². The lowest BCUT2D eigenvalue weighted by Crippen LogP contribution is -2.47. The maximum absolute atomic E-state index is 11.9. The first-order valence-corrected chi connectivity index (χ1v) is 9.05. The summed E-state index contributed by atoms with van der Waals surface area (Å²) in [6.45, 7) is 7.82. The zero-order valence-corrected chi connectivity index (χ0v) is 14.9. The Morgan fingerprint density at radius 2 is 1.92 bits per heavy atom. The highest BCUT2D eigenvalue weighted by molar-refractivity contribution is 5.73. The lowest BCUT2D eigenvalue weighted by atomic mass is 9.98. The van der Waals surface area contributed by atoms with Crippen LogP contribution >= 0.6 is 0 Å². The van der Waals surface area contributed by atoms with E-state index in [9.17, 15) is 9.90 Å². The second kappa shape index (κ2) is 9.64. The minimum absolute atomic E-state index is 0.160. The number of benzene rings is 1. The van der Waals surface area contributed by atoms with E-state index in [2.05, 4.69) is 29.4 Å². The third kappa shape index (κ3) is 6.13. The SMILES string of the molecule is CC1CCN(C(C)CNC(=O)NCCC(O)c2ccccc2)CC1. The predicted octanol–water partition coefficient (Wildman–Crippen LogP) is 2.53. The van der Waals surface area contributed by atoms with Gasteiger partial charge < -0.3 is 15.7 Å². The van der Waals surface area contributed by atoms with Gasteiger partial charge in [-0.15, -0.1) is 0 Å². The highest BCUT2D eigenvalue weighted by Crippen LogP contribution is 2.17. The van der Waals surface area contributed by atoms with Crippen molar-refractivity contribution in [3.63, 3.8) is 0 Å². The Balaban J connectivity index is 1.59. The zero-order valence-electron chi connectivity index (χ0n) is 14.9. The van der Waals surface area contributed by atoms with E-state index in [1.807, 2.05) is 30.3 Å². The van der Waals surface area contributed by atoms with Gasteiger partial charge in [0.25, 0.3) is 0 Å². The average molecular weight is 333 g/mol. The van der Waals surface area contributed by atoms with Gasteiger partial charge >= 0.3 is 6.03 Å². The van der Waals surface area contributed by atoms with Crippen molar-refractivity contribution in [1.29, 1.82) is 0 Å². The lowest BCUT2D eigenvalue weighted by Gasteiger charge is -2.35. The molecule has 0 spiro atoms. The second-order valence-corrected chi connectivity index (χ2v) is 6.92. The number of urea groups is 1. The molecule has 0 aromatic heterocycles. The summed E-state index contributed by atoms with van der Waals surface area (Å²) in [5, 5.41) is 15.8. The van der Waals surface area contributed by atoms with Gasteiger partial charge in [-0.1, -0.05) is 37.3 Å². The van der Waals surface area contributed by atoms with E-state index in [-0.39, 0.29) is 6.03 Å². The van der Waals surface area contributed by atoms with E-state index in [4.69, 9.17) is 0 Å². The van der Waals surface area contributed by atoms with Crippen LogP contribution in [0.5, 0.6) is 0 Å².